The first-order chi connectivity index (χ1) is 8.24. The van der Waals surface area contributed by atoms with Crippen molar-refractivity contribution in [3.63, 3.8) is 0 Å². The average Bonchev–Trinajstić information content (AvgIpc) is 2.58. The molecule has 1 heterocycles. The Morgan fingerprint density at radius 1 is 1.47 bits per heavy atom. The van der Waals surface area contributed by atoms with Crippen LogP contribution >= 0.6 is 0 Å². The van der Waals surface area contributed by atoms with Gasteiger partial charge < -0.3 is 10.2 Å². The van der Waals surface area contributed by atoms with Gasteiger partial charge in [-0.05, 0) is 32.0 Å². The molecule has 90 valence electrons. The van der Waals surface area contributed by atoms with Crippen molar-refractivity contribution < 1.29 is 4.42 Å². The molecule has 0 atom stereocenters. The maximum Gasteiger partial charge on any atom is 0.209 e. The van der Waals surface area contributed by atoms with Gasteiger partial charge in [-0.2, -0.15) is 0 Å². The van der Waals surface area contributed by atoms with Crippen LogP contribution in [0, 0.1) is 0 Å². The molecule has 1 aliphatic carbocycles. The topological polar surface area (TPSA) is 55.3 Å². The Labute approximate surface area is 100 Å². The molecule has 1 fully saturated rings. The van der Waals surface area contributed by atoms with E-state index in [2.05, 4.69) is 16.9 Å². The summed E-state index contributed by atoms with van der Waals surface area (Å²) in [4.78, 5) is 6.77. The fourth-order valence-corrected chi connectivity index (χ4v) is 2.25. The normalized spacial score (nSPS) is 16.6. The first-order valence-corrected chi connectivity index (χ1v) is 6.08. The summed E-state index contributed by atoms with van der Waals surface area (Å²) >= 11 is 0. The molecular formula is C13H17N3O. The number of nitrogens with zero attached hydrogens (tertiary/aromatic N) is 2. The fourth-order valence-electron chi connectivity index (χ4n) is 2.25. The highest BCUT2D eigenvalue weighted by atomic mass is 16.3. The summed E-state index contributed by atoms with van der Waals surface area (Å²) in [6.07, 6.45) is 3.92. The average molecular weight is 231 g/mol. The van der Waals surface area contributed by atoms with Crippen LogP contribution in [0.15, 0.2) is 22.6 Å². The summed E-state index contributed by atoms with van der Waals surface area (Å²) in [6.45, 7) is 0.763. The Bertz CT molecular complexity index is 530. The quantitative estimate of drug-likeness (QED) is 0.824. The summed E-state index contributed by atoms with van der Waals surface area (Å²) in [5.41, 5.74) is 8.11. The zero-order valence-electron chi connectivity index (χ0n) is 10.0. The van der Waals surface area contributed by atoms with Gasteiger partial charge in [-0.3, -0.25) is 4.90 Å². The van der Waals surface area contributed by atoms with E-state index < -0.39 is 0 Å². The van der Waals surface area contributed by atoms with Crippen LogP contribution in [0.4, 0.5) is 5.69 Å². The molecule has 4 heteroatoms. The van der Waals surface area contributed by atoms with E-state index in [1.807, 2.05) is 18.2 Å². The van der Waals surface area contributed by atoms with E-state index in [-0.39, 0.29) is 0 Å². The number of para-hydroxylation sites is 1. The Morgan fingerprint density at radius 2 is 2.29 bits per heavy atom. The van der Waals surface area contributed by atoms with Crippen molar-refractivity contribution in [1.29, 1.82) is 0 Å². The second-order valence-electron chi connectivity index (χ2n) is 4.80. The van der Waals surface area contributed by atoms with Crippen LogP contribution in [0.25, 0.3) is 11.1 Å². The van der Waals surface area contributed by atoms with Crippen molar-refractivity contribution >= 4 is 16.8 Å². The summed E-state index contributed by atoms with van der Waals surface area (Å²) in [5, 5.41) is 0. The fraction of sp³-hybridized carbons (Fsp3) is 0.462. The lowest BCUT2D eigenvalue weighted by molar-refractivity contribution is 0.141. The molecule has 0 aliphatic heterocycles. The molecule has 2 aromatic rings. The van der Waals surface area contributed by atoms with Crippen LogP contribution in [0.2, 0.25) is 0 Å². The van der Waals surface area contributed by atoms with Gasteiger partial charge in [-0.15, -0.1) is 0 Å². The number of anilines is 1. The minimum absolute atomic E-state index is 0.684. The first-order valence-electron chi connectivity index (χ1n) is 6.08. The minimum atomic E-state index is 0.684. The van der Waals surface area contributed by atoms with Gasteiger partial charge in [0.25, 0.3) is 0 Å². The molecule has 3 rings (SSSR count). The number of oxazole rings is 1. The number of hydrogen-bond acceptors (Lipinski definition) is 4. The van der Waals surface area contributed by atoms with Crippen molar-refractivity contribution in [3.8, 4) is 0 Å². The third kappa shape index (κ3) is 1.89. The lowest BCUT2D eigenvalue weighted by Gasteiger charge is -2.33. The van der Waals surface area contributed by atoms with Crippen LogP contribution in [-0.4, -0.2) is 23.0 Å². The van der Waals surface area contributed by atoms with Crippen molar-refractivity contribution in [2.45, 2.75) is 31.8 Å². The second kappa shape index (κ2) is 4.04. The third-order valence-electron chi connectivity index (χ3n) is 3.58. The van der Waals surface area contributed by atoms with Crippen molar-refractivity contribution in [2.24, 2.45) is 0 Å². The van der Waals surface area contributed by atoms with E-state index in [4.69, 9.17) is 10.2 Å². The number of hydrogen-bond donors (Lipinski definition) is 1. The Morgan fingerprint density at radius 3 is 2.94 bits per heavy atom. The number of benzene rings is 1. The van der Waals surface area contributed by atoms with Gasteiger partial charge in [0.2, 0.25) is 5.89 Å². The van der Waals surface area contributed by atoms with Gasteiger partial charge in [0, 0.05) is 6.04 Å². The van der Waals surface area contributed by atoms with E-state index in [1.54, 1.807) is 0 Å². The van der Waals surface area contributed by atoms with Crippen LogP contribution < -0.4 is 5.73 Å². The van der Waals surface area contributed by atoms with E-state index in [1.165, 1.54) is 19.3 Å². The number of aromatic nitrogens is 1. The van der Waals surface area contributed by atoms with Crippen LogP contribution in [0.1, 0.15) is 25.2 Å². The molecule has 1 aliphatic rings. The Balaban J connectivity index is 1.83. The van der Waals surface area contributed by atoms with E-state index in [9.17, 15) is 0 Å². The molecule has 4 nitrogen and oxygen atoms in total. The molecule has 1 aromatic carbocycles. The molecule has 0 amide bonds. The lowest BCUT2D eigenvalue weighted by atomic mass is 9.92. The lowest BCUT2D eigenvalue weighted by Crippen LogP contribution is -2.36. The van der Waals surface area contributed by atoms with Gasteiger partial charge in [-0.25, -0.2) is 4.98 Å². The smallest absolute Gasteiger partial charge is 0.209 e. The SMILES string of the molecule is CN(Cc1nc2c(N)cccc2o1)C1CCC1. The van der Waals surface area contributed by atoms with Gasteiger partial charge >= 0.3 is 0 Å². The second-order valence-corrected chi connectivity index (χ2v) is 4.80. The van der Waals surface area contributed by atoms with E-state index in [0.717, 1.165) is 23.5 Å². The molecule has 0 spiro atoms. The van der Waals surface area contributed by atoms with Crippen molar-refractivity contribution in [3.05, 3.63) is 24.1 Å². The van der Waals surface area contributed by atoms with Crippen molar-refractivity contribution in [1.82, 2.24) is 9.88 Å². The largest absolute Gasteiger partial charge is 0.439 e. The Kier molecular flexibility index (Phi) is 2.52. The summed E-state index contributed by atoms with van der Waals surface area (Å²) in [5.74, 6) is 0.757. The van der Waals surface area contributed by atoms with Crippen LogP contribution in [0.5, 0.6) is 0 Å². The third-order valence-corrected chi connectivity index (χ3v) is 3.58. The predicted molar refractivity (Wildman–Crippen MR) is 67.5 cm³/mol. The summed E-state index contributed by atoms with van der Waals surface area (Å²) < 4.78 is 5.71. The monoisotopic (exact) mass is 231 g/mol. The highest BCUT2D eigenvalue weighted by Crippen LogP contribution is 2.26. The molecule has 0 radical (unpaired) electrons. The Hall–Kier alpha value is -1.55. The number of rotatable bonds is 3. The van der Waals surface area contributed by atoms with Gasteiger partial charge in [0.1, 0.15) is 5.52 Å². The molecule has 2 N–H and O–H groups in total. The standard InChI is InChI=1S/C13H17N3O/c1-16(9-4-2-5-9)8-12-15-13-10(14)6-3-7-11(13)17-12/h3,6-7,9H,2,4-5,8,14H2,1H3. The van der Waals surface area contributed by atoms with Gasteiger partial charge in [0.15, 0.2) is 5.58 Å². The number of nitrogen functional groups attached to an aromatic ring is 1. The molecule has 1 aromatic heterocycles. The number of nitrogens with two attached hydrogens (primary N) is 1. The van der Waals surface area contributed by atoms with Crippen LogP contribution in [-0.2, 0) is 6.54 Å². The summed E-state index contributed by atoms with van der Waals surface area (Å²) in [6, 6.07) is 6.35. The summed E-state index contributed by atoms with van der Waals surface area (Å²) in [7, 11) is 2.13. The van der Waals surface area contributed by atoms with E-state index >= 15 is 0 Å². The minimum Gasteiger partial charge on any atom is -0.439 e. The molecule has 17 heavy (non-hydrogen) atoms. The highest BCUT2D eigenvalue weighted by molar-refractivity contribution is 5.85. The van der Waals surface area contributed by atoms with Gasteiger partial charge in [-0.1, -0.05) is 12.5 Å². The first kappa shape index (κ1) is 10.6. The van der Waals surface area contributed by atoms with E-state index in [0.29, 0.717) is 11.7 Å². The molecule has 1 saturated carbocycles. The molecule has 0 bridgehead atoms. The predicted octanol–water partition coefficient (Wildman–Crippen LogP) is 2.39. The molecular weight excluding hydrogens is 214 g/mol. The molecule has 0 saturated heterocycles. The maximum atomic E-state index is 5.86. The van der Waals surface area contributed by atoms with Gasteiger partial charge in [0.05, 0.1) is 12.2 Å². The number of fused-ring (bicyclic) bond motifs is 1. The van der Waals surface area contributed by atoms with Crippen molar-refractivity contribution in [2.75, 3.05) is 12.8 Å². The highest BCUT2D eigenvalue weighted by Gasteiger charge is 2.23. The molecule has 0 unspecified atom stereocenters. The zero-order chi connectivity index (χ0) is 11.8. The maximum absolute atomic E-state index is 5.86. The zero-order valence-corrected chi connectivity index (χ0v) is 10.0. The van der Waals surface area contributed by atoms with Crippen LogP contribution in [0.3, 0.4) is 0 Å².